The van der Waals surface area contributed by atoms with Gasteiger partial charge in [0.25, 0.3) is 0 Å². The maximum atomic E-state index is 13.0. The molecule has 3 aromatic heterocycles. The fourth-order valence-electron chi connectivity index (χ4n) is 2.84. The molecular formula is C19H14ClF3N4S2. The number of nitrogens with zero attached hydrogens (tertiary/aromatic N) is 4. The quantitative estimate of drug-likeness (QED) is 0.328. The maximum Gasteiger partial charge on any atom is 0.433 e. The number of hydrogen-bond acceptors (Lipinski definition) is 5. The molecule has 0 aliphatic heterocycles. The lowest BCUT2D eigenvalue weighted by Gasteiger charge is -2.04. The van der Waals surface area contributed by atoms with Gasteiger partial charge in [-0.1, -0.05) is 30.7 Å². The van der Waals surface area contributed by atoms with Crippen LogP contribution in [0.4, 0.5) is 13.2 Å². The molecular weight excluding hydrogens is 441 g/mol. The smallest absolute Gasteiger partial charge is 0.325 e. The number of imidazole rings is 1. The van der Waals surface area contributed by atoms with Gasteiger partial charge in [0.2, 0.25) is 0 Å². The molecule has 0 saturated heterocycles. The largest absolute Gasteiger partial charge is 0.433 e. The van der Waals surface area contributed by atoms with Gasteiger partial charge < -0.3 is 4.57 Å². The number of fused-ring (bicyclic) bond motifs is 1. The molecule has 29 heavy (non-hydrogen) atoms. The van der Waals surface area contributed by atoms with E-state index in [0.29, 0.717) is 16.4 Å². The summed E-state index contributed by atoms with van der Waals surface area (Å²) in [4.78, 5) is 13.6. The Morgan fingerprint density at radius 1 is 1.17 bits per heavy atom. The molecule has 0 spiro atoms. The molecule has 0 aliphatic rings. The number of thioether (sulfide) groups is 1. The van der Waals surface area contributed by atoms with Crippen molar-refractivity contribution in [2.45, 2.75) is 18.1 Å². The summed E-state index contributed by atoms with van der Waals surface area (Å²) >= 11 is 8.99. The second kappa shape index (κ2) is 7.62. The number of halogens is 4. The Hall–Kier alpha value is -2.10. The predicted octanol–water partition coefficient (Wildman–Crippen LogP) is 6.54. The molecule has 0 radical (unpaired) electrons. The van der Waals surface area contributed by atoms with Crippen LogP contribution >= 0.6 is 34.7 Å². The zero-order chi connectivity index (χ0) is 20.8. The predicted molar refractivity (Wildman–Crippen MR) is 111 cm³/mol. The Morgan fingerprint density at radius 3 is 2.55 bits per heavy atom. The minimum atomic E-state index is -4.51. The number of pyridine rings is 1. The van der Waals surface area contributed by atoms with Gasteiger partial charge in [-0.3, -0.25) is 0 Å². The molecule has 10 heteroatoms. The lowest BCUT2D eigenvalue weighted by atomic mass is 10.2. The fourth-order valence-corrected chi connectivity index (χ4v) is 4.97. The van der Waals surface area contributed by atoms with Gasteiger partial charge in [-0.25, -0.2) is 15.0 Å². The van der Waals surface area contributed by atoms with Crippen molar-refractivity contribution in [1.82, 2.24) is 19.5 Å². The van der Waals surface area contributed by atoms with E-state index in [-0.39, 0.29) is 5.52 Å². The van der Waals surface area contributed by atoms with Crippen molar-refractivity contribution in [2.24, 2.45) is 7.05 Å². The molecule has 0 bridgehead atoms. The molecule has 150 valence electrons. The average Bonchev–Trinajstić information content (AvgIpc) is 3.23. The highest BCUT2D eigenvalue weighted by Gasteiger charge is 2.33. The lowest BCUT2D eigenvalue weighted by molar-refractivity contribution is -0.141. The maximum absolute atomic E-state index is 13.0. The summed E-state index contributed by atoms with van der Waals surface area (Å²) in [5.41, 5.74) is 0.743. The van der Waals surface area contributed by atoms with Crippen molar-refractivity contribution < 1.29 is 13.2 Å². The summed E-state index contributed by atoms with van der Waals surface area (Å²) in [5.74, 6) is 1.37. The summed E-state index contributed by atoms with van der Waals surface area (Å²) in [6, 6.07) is 8.35. The van der Waals surface area contributed by atoms with Crippen LogP contribution in [0, 0.1) is 0 Å². The van der Waals surface area contributed by atoms with E-state index < -0.39 is 11.9 Å². The zero-order valence-electron chi connectivity index (χ0n) is 15.3. The molecule has 0 fully saturated rings. The molecule has 4 aromatic rings. The molecule has 0 atom stereocenters. The van der Waals surface area contributed by atoms with E-state index in [4.69, 9.17) is 16.6 Å². The molecule has 1 aromatic carbocycles. The number of rotatable bonds is 4. The monoisotopic (exact) mass is 454 g/mol. The highest BCUT2D eigenvalue weighted by atomic mass is 35.5. The minimum Gasteiger partial charge on any atom is -0.325 e. The summed E-state index contributed by atoms with van der Waals surface area (Å²) in [7, 11) is 1.77. The standard InChI is InChI=1S/C19H14ClF3N4S2/c1-3-28-18-15(29-17(26-18)10-4-6-11(20)7-5-10)16-25-12-8-14(19(21,22)23)24-9-13(12)27(16)2/h4-9H,3H2,1-2H3. The third kappa shape index (κ3) is 3.86. The molecule has 0 amide bonds. The van der Waals surface area contributed by atoms with E-state index in [1.54, 1.807) is 35.5 Å². The van der Waals surface area contributed by atoms with Crippen LogP contribution < -0.4 is 0 Å². The van der Waals surface area contributed by atoms with Gasteiger partial charge >= 0.3 is 6.18 Å². The summed E-state index contributed by atoms with van der Waals surface area (Å²) < 4.78 is 40.8. The van der Waals surface area contributed by atoms with E-state index in [9.17, 15) is 13.2 Å². The fraction of sp³-hybridized carbons (Fsp3) is 0.211. The van der Waals surface area contributed by atoms with E-state index in [2.05, 4.69) is 9.97 Å². The first-order chi connectivity index (χ1) is 13.8. The highest BCUT2D eigenvalue weighted by molar-refractivity contribution is 7.99. The van der Waals surface area contributed by atoms with Crippen LogP contribution in [0.5, 0.6) is 0 Å². The normalized spacial score (nSPS) is 12.1. The van der Waals surface area contributed by atoms with E-state index in [0.717, 1.165) is 32.3 Å². The highest BCUT2D eigenvalue weighted by Crippen LogP contribution is 2.41. The SMILES string of the molecule is CCSc1nc(-c2ccc(Cl)cc2)sc1-c1nc2cc(C(F)(F)F)ncc2n1C. The number of alkyl halides is 3. The second-order valence-corrected chi connectivity index (χ2v) is 8.83. The van der Waals surface area contributed by atoms with Gasteiger partial charge in [0, 0.05) is 17.6 Å². The van der Waals surface area contributed by atoms with Crippen LogP contribution in [0.15, 0.2) is 41.6 Å². The Kier molecular flexibility index (Phi) is 5.30. The molecule has 0 aliphatic carbocycles. The molecule has 4 rings (SSSR count). The van der Waals surface area contributed by atoms with Gasteiger partial charge in [0.05, 0.1) is 17.2 Å². The van der Waals surface area contributed by atoms with Crippen molar-refractivity contribution in [3.8, 4) is 21.3 Å². The Labute approximate surface area is 177 Å². The van der Waals surface area contributed by atoms with Crippen molar-refractivity contribution in [1.29, 1.82) is 0 Å². The minimum absolute atomic E-state index is 0.249. The number of aromatic nitrogens is 4. The molecule has 4 nitrogen and oxygen atoms in total. The number of thiazole rings is 1. The number of hydrogen-bond donors (Lipinski definition) is 0. The van der Waals surface area contributed by atoms with Crippen molar-refractivity contribution in [3.05, 3.63) is 47.2 Å². The van der Waals surface area contributed by atoms with Gasteiger partial charge in [-0.15, -0.1) is 23.1 Å². The van der Waals surface area contributed by atoms with Gasteiger partial charge in [-0.2, -0.15) is 13.2 Å². The van der Waals surface area contributed by atoms with Gasteiger partial charge in [0.15, 0.2) is 5.82 Å². The Morgan fingerprint density at radius 2 is 1.90 bits per heavy atom. The first kappa shape index (κ1) is 20.2. The van der Waals surface area contributed by atoms with Crippen LogP contribution in [0.1, 0.15) is 12.6 Å². The Bertz CT molecular complexity index is 1180. The van der Waals surface area contributed by atoms with Crippen LogP contribution in [-0.2, 0) is 13.2 Å². The average molecular weight is 455 g/mol. The van der Waals surface area contributed by atoms with Crippen LogP contribution in [0.2, 0.25) is 5.02 Å². The number of aryl methyl sites for hydroxylation is 1. The van der Waals surface area contributed by atoms with Gasteiger partial charge in [-0.05, 0) is 24.0 Å². The summed E-state index contributed by atoms with van der Waals surface area (Å²) in [6.07, 6.45) is -3.30. The van der Waals surface area contributed by atoms with Crippen molar-refractivity contribution in [2.75, 3.05) is 5.75 Å². The third-order valence-electron chi connectivity index (χ3n) is 4.23. The molecule has 0 N–H and O–H groups in total. The first-order valence-electron chi connectivity index (χ1n) is 8.57. The molecule has 3 heterocycles. The summed E-state index contributed by atoms with van der Waals surface area (Å²) in [6.45, 7) is 2.02. The van der Waals surface area contributed by atoms with Crippen molar-refractivity contribution in [3.63, 3.8) is 0 Å². The van der Waals surface area contributed by atoms with Crippen LogP contribution in [-0.4, -0.2) is 25.3 Å². The first-order valence-corrected chi connectivity index (χ1v) is 10.8. The van der Waals surface area contributed by atoms with E-state index >= 15 is 0 Å². The molecule has 0 saturated carbocycles. The lowest BCUT2D eigenvalue weighted by Crippen LogP contribution is -2.07. The molecule has 0 unspecified atom stereocenters. The zero-order valence-corrected chi connectivity index (χ0v) is 17.7. The topological polar surface area (TPSA) is 43.6 Å². The Balaban J connectivity index is 1.85. The van der Waals surface area contributed by atoms with Crippen molar-refractivity contribution >= 4 is 45.7 Å². The second-order valence-electron chi connectivity index (χ2n) is 6.14. The summed E-state index contributed by atoms with van der Waals surface area (Å²) in [5, 5.41) is 2.23. The third-order valence-corrected chi connectivity index (χ3v) is 6.57. The van der Waals surface area contributed by atoms with Crippen LogP contribution in [0.3, 0.4) is 0 Å². The number of benzene rings is 1. The van der Waals surface area contributed by atoms with Crippen LogP contribution in [0.25, 0.3) is 32.3 Å². The van der Waals surface area contributed by atoms with E-state index in [1.807, 2.05) is 19.1 Å². The van der Waals surface area contributed by atoms with E-state index in [1.165, 1.54) is 17.5 Å². The van der Waals surface area contributed by atoms with Gasteiger partial charge in [0.1, 0.15) is 20.6 Å².